The molecule has 0 aromatic heterocycles. The Morgan fingerprint density at radius 1 is 1.43 bits per heavy atom. The Morgan fingerprint density at radius 2 is 2.14 bits per heavy atom. The third kappa shape index (κ3) is 3.50. The molecule has 1 aliphatic heterocycles. The summed E-state index contributed by atoms with van der Waals surface area (Å²) in [7, 11) is -2.83. The standard InChI is InChI=1S/C13H18F2N2O3S/c1-16-8-10-9-17(6-7-20-10)11-4-2-3-5-12(11)21(18,19)13(14)15/h2-5,10,13,16H,6-9H2,1H3. The highest BCUT2D eigenvalue weighted by molar-refractivity contribution is 7.91. The number of halogens is 2. The highest BCUT2D eigenvalue weighted by Crippen LogP contribution is 2.30. The molecule has 1 heterocycles. The number of alkyl halides is 2. The van der Waals surface area contributed by atoms with Crippen molar-refractivity contribution in [2.24, 2.45) is 0 Å². The van der Waals surface area contributed by atoms with E-state index in [1.54, 1.807) is 24.1 Å². The highest BCUT2D eigenvalue weighted by Gasteiger charge is 2.31. The van der Waals surface area contributed by atoms with Gasteiger partial charge in [0.25, 0.3) is 0 Å². The van der Waals surface area contributed by atoms with Crippen LogP contribution >= 0.6 is 0 Å². The van der Waals surface area contributed by atoms with Crippen LogP contribution in [0.3, 0.4) is 0 Å². The van der Waals surface area contributed by atoms with Gasteiger partial charge < -0.3 is 15.0 Å². The van der Waals surface area contributed by atoms with Gasteiger partial charge in [0.05, 0.1) is 23.3 Å². The molecule has 1 fully saturated rings. The largest absolute Gasteiger partial charge is 0.373 e. The summed E-state index contributed by atoms with van der Waals surface area (Å²) in [6.07, 6.45) is -0.105. The van der Waals surface area contributed by atoms with Crippen molar-refractivity contribution in [3.05, 3.63) is 24.3 Å². The van der Waals surface area contributed by atoms with E-state index in [9.17, 15) is 17.2 Å². The first-order chi connectivity index (χ1) is 9.96. The smallest absolute Gasteiger partial charge is 0.341 e. The number of likely N-dealkylation sites (N-methyl/N-ethyl adjacent to an activating group) is 1. The molecule has 0 aliphatic carbocycles. The summed E-state index contributed by atoms with van der Waals surface area (Å²) in [6, 6.07) is 5.86. The third-order valence-corrected chi connectivity index (χ3v) is 4.75. The number of ether oxygens (including phenoxy) is 1. The summed E-state index contributed by atoms with van der Waals surface area (Å²) in [5.41, 5.74) is 0.308. The average Bonchev–Trinajstić information content (AvgIpc) is 2.48. The summed E-state index contributed by atoms with van der Waals surface area (Å²) < 4.78 is 54.7. The van der Waals surface area contributed by atoms with E-state index in [1.165, 1.54) is 12.1 Å². The van der Waals surface area contributed by atoms with Crippen LogP contribution in [-0.4, -0.2) is 53.6 Å². The van der Waals surface area contributed by atoms with Crippen molar-refractivity contribution in [2.75, 3.05) is 38.2 Å². The Labute approximate surface area is 122 Å². The monoisotopic (exact) mass is 320 g/mol. The number of para-hydroxylation sites is 1. The summed E-state index contributed by atoms with van der Waals surface area (Å²) in [6.45, 7) is 1.96. The summed E-state index contributed by atoms with van der Waals surface area (Å²) in [5.74, 6) is -3.42. The second-order valence-electron chi connectivity index (χ2n) is 4.77. The fourth-order valence-corrected chi connectivity index (χ4v) is 3.29. The van der Waals surface area contributed by atoms with Gasteiger partial charge in [0, 0.05) is 19.6 Å². The molecule has 5 nitrogen and oxygen atoms in total. The maximum Gasteiger partial charge on any atom is 0.341 e. The SMILES string of the molecule is CNCC1CN(c2ccccc2S(=O)(=O)C(F)F)CCO1. The van der Waals surface area contributed by atoms with Crippen LogP contribution < -0.4 is 10.2 Å². The average molecular weight is 320 g/mol. The molecule has 1 atom stereocenters. The van der Waals surface area contributed by atoms with Crippen LogP contribution in [0.15, 0.2) is 29.2 Å². The normalized spacial score (nSPS) is 20.0. The minimum atomic E-state index is -4.62. The number of nitrogens with one attached hydrogen (secondary N) is 1. The second kappa shape index (κ2) is 6.67. The molecule has 1 unspecified atom stereocenters. The van der Waals surface area contributed by atoms with Gasteiger partial charge in [0.15, 0.2) is 0 Å². The van der Waals surface area contributed by atoms with Gasteiger partial charge in [-0.15, -0.1) is 0 Å². The van der Waals surface area contributed by atoms with Crippen LogP contribution in [0.4, 0.5) is 14.5 Å². The van der Waals surface area contributed by atoms with Crippen LogP contribution in [0.2, 0.25) is 0 Å². The van der Waals surface area contributed by atoms with E-state index >= 15 is 0 Å². The summed E-state index contributed by atoms with van der Waals surface area (Å²) >= 11 is 0. The first-order valence-electron chi connectivity index (χ1n) is 6.59. The van der Waals surface area contributed by atoms with Crippen LogP contribution in [-0.2, 0) is 14.6 Å². The third-order valence-electron chi connectivity index (χ3n) is 3.32. The Kier molecular flexibility index (Phi) is 5.13. The first kappa shape index (κ1) is 16.1. The molecule has 8 heteroatoms. The number of sulfone groups is 1. The predicted octanol–water partition coefficient (Wildman–Crippen LogP) is 1.11. The molecule has 0 amide bonds. The van der Waals surface area contributed by atoms with Gasteiger partial charge in [-0.05, 0) is 19.2 Å². The van der Waals surface area contributed by atoms with Gasteiger partial charge in [0.2, 0.25) is 9.84 Å². The number of hydrogen-bond donors (Lipinski definition) is 1. The summed E-state index contributed by atoms with van der Waals surface area (Å²) in [4.78, 5) is 1.45. The van der Waals surface area contributed by atoms with Crippen molar-refractivity contribution >= 4 is 15.5 Å². The van der Waals surface area contributed by atoms with E-state index in [4.69, 9.17) is 4.74 Å². The van der Waals surface area contributed by atoms with Crippen LogP contribution in [0.5, 0.6) is 0 Å². The lowest BCUT2D eigenvalue weighted by Crippen LogP contribution is -2.46. The van der Waals surface area contributed by atoms with E-state index in [2.05, 4.69) is 5.32 Å². The molecule has 0 radical (unpaired) electrons. The molecule has 0 saturated carbocycles. The van der Waals surface area contributed by atoms with Gasteiger partial charge in [0.1, 0.15) is 0 Å². The molecule has 0 bridgehead atoms. The number of hydrogen-bond acceptors (Lipinski definition) is 5. The molecule has 0 spiro atoms. The van der Waals surface area contributed by atoms with Crippen molar-refractivity contribution in [1.82, 2.24) is 5.32 Å². The molecule has 21 heavy (non-hydrogen) atoms. The first-order valence-corrected chi connectivity index (χ1v) is 8.13. The number of nitrogens with zero attached hydrogens (tertiary/aromatic N) is 1. The van der Waals surface area contributed by atoms with Crippen molar-refractivity contribution in [3.8, 4) is 0 Å². The van der Waals surface area contributed by atoms with Gasteiger partial charge in [-0.25, -0.2) is 8.42 Å². The maximum atomic E-state index is 12.8. The number of benzene rings is 1. The zero-order valence-corrected chi connectivity index (χ0v) is 12.4. The molecule has 2 rings (SSSR count). The minimum Gasteiger partial charge on any atom is -0.373 e. The highest BCUT2D eigenvalue weighted by atomic mass is 32.2. The van der Waals surface area contributed by atoms with Gasteiger partial charge in [-0.3, -0.25) is 0 Å². The molecular formula is C13H18F2N2O3S. The van der Waals surface area contributed by atoms with Crippen LogP contribution in [0.25, 0.3) is 0 Å². The fraction of sp³-hybridized carbons (Fsp3) is 0.538. The fourth-order valence-electron chi connectivity index (χ4n) is 2.34. The number of anilines is 1. The molecule has 1 aromatic carbocycles. The van der Waals surface area contributed by atoms with Gasteiger partial charge in [-0.1, -0.05) is 12.1 Å². The Hall–Kier alpha value is -1.25. The maximum absolute atomic E-state index is 12.8. The lowest BCUT2D eigenvalue weighted by molar-refractivity contribution is 0.0420. The molecule has 1 aliphatic rings. The number of morpholine rings is 1. The Balaban J connectivity index is 2.32. The molecule has 1 saturated heterocycles. The van der Waals surface area contributed by atoms with Crippen LogP contribution in [0, 0.1) is 0 Å². The van der Waals surface area contributed by atoms with Crippen LogP contribution in [0.1, 0.15) is 0 Å². The van der Waals surface area contributed by atoms with Crippen molar-refractivity contribution in [3.63, 3.8) is 0 Å². The van der Waals surface area contributed by atoms with Gasteiger partial charge in [-0.2, -0.15) is 8.78 Å². The zero-order chi connectivity index (χ0) is 15.5. The molecular weight excluding hydrogens is 302 g/mol. The topological polar surface area (TPSA) is 58.6 Å². The Bertz CT molecular complexity index is 579. The predicted molar refractivity (Wildman–Crippen MR) is 75.5 cm³/mol. The quantitative estimate of drug-likeness (QED) is 0.881. The van der Waals surface area contributed by atoms with E-state index in [1.807, 2.05) is 0 Å². The van der Waals surface area contributed by atoms with E-state index in [-0.39, 0.29) is 11.0 Å². The Morgan fingerprint density at radius 3 is 2.81 bits per heavy atom. The van der Waals surface area contributed by atoms with Crippen molar-refractivity contribution in [2.45, 2.75) is 16.8 Å². The minimum absolute atomic E-state index is 0.105. The molecule has 1 N–H and O–H groups in total. The lowest BCUT2D eigenvalue weighted by Gasteiger charge is -2.35. The van der Waals surface area contributed by atoms with E-state index in [0.717, 1.165) is 0 Å². The van der Waals surface area contributed by atoms with Gasteiger partial charge >= 0.3 is 5.76 Å². The second-order valence-corrected chi connectivity index (χ2v) is 6.66. The van der Waals surface area contributed by atoms with E-state index < -0.39 is 15.6 Å². The van der Waals surface area contributed by atoms with E-state index in [0.29, 0.717) is 31.9 Å². The molecule has 1 aromatic rings. The van der Waals surface area contributed by atoms with Crippen molar-refractivity contribution in [1.29, 1.82) is 0 Å². The lowest BCUT2D eigenvalue weighted by atomic mass is 10.2. The zero-order valence-electron chi connectivity index (χ0n) is 11.6. The number of rotatable bonds is 5. The van der Waals surface area contributed by atoms with Crippen molar-refractivity contribution < 1.29 is 21.9 Å². The molecule has 118 valence electrons. The summed E-state index contributed by atoms with van der Waals surface area (Å²) in [5, 5.41) is 2.98.